The number of imidazole rings is 1. The van der Waals surface area contributed by atoms with Crippen LogP contribution in [0.15, 0.2) is 47.4 Å². The Bertz CT molecular complexity index is 893. The number of aromatic nitrogens is 3. The van der Waals surface area contributed by atoms with Crippen LogP contribution in [0.4, 0.5) is 0 Å². The van der Waals surface area contributed by atoms with Gasteiger partial charge in [-0.05, 0) is 23.6 Å². The zero-order valence-electron chi connectivity index (χ0n) is 10.9. The Kier molecular flexibility index (Phi) is 3.07. The number of aliphatic hydroxyl groups excluding tert-OH is 1. The molecule has 1 N–H and O–H groups in total. The molecule has 0 saturated carbocycles. The lowest BCUT2D eigenvalue weighted by Crippen LogP contribution is -1.86. The number of aliphatic hydroxyl groups is 1. The topological polar surface area (TPSA) is 50.4 Å². The molecule has 0 aliphatic rings. The minimum absolute atomic E-state index is 0.0134. The van der Waals surface area contributed by atoms with Crippen molar-refractivity contribution in [2.45, 2.75) is 6.61 Å². The number of hydrogen-bond acceptors (Lipinski definition) is 5. The summed E-state index contributed by atoms with van der Waals surface area (Å²) >= 11 is 3.15. The summed E-state index contributed by atoms with van der Waals surface area (Å²) in [5.41, 5.74) is 3.81. The molecule has 0 unspecified atom stereocenters. The molecule has 0 aliphatic heterocycles. The predicted molar refractivity (Wildman–Crippen MR) is 85.5 cm³/mol. The quantitative estimate of drug-likeness (QED) is 0.628. The molecule has 0 aromatic carbocycles. The van der Waals surface area contributed by atoms with Crippen molar-refractivity contribution in [3.05, 3.63) is 52.4 Å². The van der Waals surface area contributed by atoms with Gasteiger partial charge in [0.2, 0.25) is 0 Å². The first-order chi connectivity index (χ1) is 10.3. The summed E-state index contributed by atoms with van der Waals surface area (Å²) in [6.45, 7) is -0.0134. The van der Waals surface area contributed by atoms with E-state index in [1.54, 1.807) is 11.3 Å². The Hall–Kier alpha value is -2.02. The van der Waals surface area contributed by atoms with Gasteiger partial charge < -0.3 is 9.51 Å². The van der Waals surface area contributed by atoms with Gasteiger partial charge in [0, 0.05) is 23.3 Å². The standard InChI is InChI=1S/C15H11N3OS2/c19-8-15-17-12(9-21-15)10-3-4-14-16-11(7-18(14)6-10)13-2-1-5-20-13/h1-7,9,19H,8H2. The summed E-state index contributed by atoms with van der Waals surface area (Å²) in [6.07, 6.45) is 4.06. The maximum absolute atomic E-state index is 9.11. The fourth-order valence-corrected chi connectivity index (χ4v) is 3.54. The SMILES string of the molecule is OCc1nc(-c2ccc3nc(-c4cccs4)cn3c2)cs1. The van der Waals surface area contributed by atoms with E-state index < -0.39 is 0 Å². The normalized spacial score (nSPS) is 11.3. The molecule has 0 spiro atoms. The number of hydrogen-bond donors (Lipinski definition) is 1. The van der Waals surface area contributed by atoms with E-state index in [0.29, 0.717) is 0 Å². The molecular weight excluding hydrogens is 302 g/mol. The number of fused-ring (bicyclic) bond motifs is 1. The maximum Gasteiger partial charge on any atom is 0.137 e. The summed E-state index contributed by atoms with van der Waals surface area (Å²) < 4.78 is 2.02. The molecule has 0 fully saturated rings. The highest BCUT2D eigenvalue weighted by atomic mass is 32.1. The molecular formula is C15H11N3OS2. The second-order valence-electron chi connectivity index (χ2n) is 4.57. The van der Waals surface area contributed by atoms with Crippen molar-refractivity contribution in [3.63, 3.8) is 0 Å². The molecule has 104 valence electrons. The minimum atomic E-state index is -0.0134. The maximum atomic E-state index is 9.11. The molecule has 4 heterocycles. The first-order valence-corrected chi connectivity index (χ1v) is 8.18. The van der Waals surface area contributed by atoms with Gasteiger partial charge in [0.25, 0.3) is 0 Å². The third-order valence-corrected chi connectivity index (χ3v) is 4.93. The van der Waals surface area contributed by atoms with Crippen molar-refractivity contribution < 1.29 is 5.11 Å². The van der Waals surface area contributed by atoms with Crippen LogP contribution >= 0.6 is 22.7 Å². The van der Waals surface area contributed by atoms with Gasteiger partial charge in [0.15, 0.2) is 0 Å². The van der Waals surface area contributed by atoms with E-state index in [1.807, 2.05) is 40.4 Å². The van der Waals surface area contributed by atoms with E-state index in [2.05, 4.69) is 21.4 Å². The highest BCUT2D eigenvalue weighted by Gasteiger charge is 2.08. The number of thiazole rings is 1. The van der Waals surface area contributed by atoms with Gasteiger partial charge in [-0.15, -0.1) is 22.7 Å². The average Bonchev–Trinajstić information content (AvgIpc) is 3.24. The third kappa shape index (κ3) is 2.27. The van der Waals surface area contributed by atoms with Crippen LogP contribution in [0.5, 0.6) is 0 Å². The van der Waals surface area contributed by atoms with E-state index in [9.17, 15) is 0 Å². The lowest BCUT2D eigenvalue weighted by atomic mass is 10.2. The Labute approximate surface area is 129 Å². The second kappa shape index (κ2) is 5.07. The largest absolute Gasteiger partial charge is 0.389 e. The first kappa shape index (κ1) is 12.7. The van der Waals surface area contributed by atoms with E-state index in [4.69, 9.17) is 5.11 Å². The molecule has 4 aromatic heterocycles. The fraction of sp³-hybridized carbons (Fsp3) is 0.0667. The van der Waals surface area contributed by atoms with Gasteiger partial charge in [0.05, 0.1) is 22.9 Å². The van der Waals surface area contributed by atoms with Gasteiger partial charge in [-0.2, -0.15) is 0 Å². The van der Waals surface area contributed by atoms with Crippen LogP contribution in [-0.2, 0) is 6.61 Å². The highest BCUT2D eigenvalue weighted by molar-refractivity contribution is 7.13. The second-order valence-corrected chi connectivity index (χ2v) is 6.46. The average molecular weight is 313 g/mol. The Morgan fingerprint density at radius 1 is 1.05 bits per heavy atom. The monoisotopic (exact) mass is 313 g/mol. The van der Waals surface area contributed by atoms with Crippen molar-refractivity contribution in [1.82, 2.24) is 14.4 Å². The first-order valence-electron chi connectivity index (χ1n) is 6.42. The number of rotatable bonds is 3. The summed E-state index contributed by atoms with van der Waals surface area (Å²) in [5, 5.41) is 13.9. The van der Waals surface area contributed by atoms with Crippen LogP contribution in [0, 0.1) is 0 Å². The van der Waals surface area contributed by atoms with Gasteiger partial charge >= 0.3 is 0 Å². The van der Waals surface area contributed by atoms with Crippen molar-refractivity contribution in [2.24, 2.45) is 0 Å². The third-order valence-electron chi connectivity index (χ3n) is 3.21. The van der Waals surface area contributed by atoms with E-state index in [-0.39, 0.29) is 6.61 Å². The number of nitrogens with zero attached hydrogens (tertiary/aromatic N) is 3. The smallest absolute Gasteiger partial charge is 0.137 e. The lowest BCUT2D eigenvalue weighted by Gasteiger charge is -1.98. The molecule has 6 heteroatoms. The zero-order valence-corrected chi connectivity index (χ0v) is 12.6. The van der Waals surface area contributed by atoms with Crippen LogP contribution < -0.4 is 0 Å². The van der Waals surface area contributed by atoms with Gasteiger partial charge in [-0.3, -0.25) is 0 Å². The van der Waals surface area contributed by atoms with Gasteiger partial charge in [0.1, 0.15) is 10.7 Å². The van der Waals surface area contributed by atoms with Crippen molar-refractivity contribution in [3.8, 4) is 21.8 Å². The molecule has 0 aliphatic carbocycles. The van der Waals surface area contributed by atoms with Gasteiger partial charge in [-0.25, -0.2) is 9.97 Å². The minimum Gasteiger partial charge on any atom is -0.389 e. The molecule has 4 aromatic rings. The van der Waals surface area contributed by atoms with Crippen LogP contribution in [0.3, 0.4) is 0 Å². The molecule has 0 atom stereocenters. The van der Waals surface area contributed by atoms with E-state index >= 15 is 0 Å². The van der Waals surface area contributed by atoms with Gasteiger partial charge in [-0.1, -0.05) is 6.07 Å². The van der Waals surface area contributed by atoms with Crippen molar-refractivity contribution in [1.29, 1.82) is 0 Å². The summed E-state index contributed by atoms with van der Waals surface area (Å²) in [5.74, 6) is 0. The molecule has 0 radical (unpaired) electrons. The molecule has 21 heavy (non-hydrogen) atoms. The molecule has 0 saturated heterocycles. The Morgan fingerprint density at radius 2 is 2.00 bits per heavy atom. The van der Waals surface area contributed by atoms with Crippen LogP contribution in [0.2, 0.25) is 0 Å². The fourth-order valence-electron chi connectivity index (χ4n) is 2.20. The summed E-state index contributed by atoms with van der Waals surface area (Å²) in [7, 11) is 0. The number of thiophene rings is 1. The molecule has 4 nitrogen and oxygen atoms in total. The Morgan fingerprint density at radius 3 is 2.76 bits per heavy atom. The van der Waals surface area contributed by atoms with Crippen LogP contribution in [0.25, 0.3) is 27.5 Å². The van der Waals surface area contributed by atoms with Crippen molar-refractivity contribution >= 4 is 28.3 Å². The molecule has 0 bridgehead atoms. The summed E-state index contributed by atoms with van der Waals surface area (Å²) in [4.78, 5) is 10.2. The number of pyridine rings is 1. The van der Waals surface area contributed by atoms with E-state index in [0.717, 1.165) is 32.5 Å². The van der Waals surface area contributed by atoms with Crippen molar-refractivity contribution in [2.75, 3.05) is 0 Å². The van der Waals surface area contributed by atoms with Crippen LogP contribution in [0.1, 0.15) is 5.01 Å². The molecule has 0 amide bonds. The summed E-state index contributed by atoms with van der Waals surface area (Å²) in [6, 6.07) is 8.10. The van der Waals surface area contributed by atoms with Crippen LogP contribution in [-0.4, -0.2) is 19.5 Å². The van der Waals surface area contributed by atoms with E-state index in [1.165, 1.54) is 11.3 Å². The predicted octanol–water partition coefficient (Wildman–Crippen LogP) is 3.68. The molecule has 4 rings (SSSR count). The lowest BCUT2D eigenvalue weighted by molar-refractivity contribution is 0.281. The Balaban J connectivity index is 1.79. The zero-order chi connectivity index (χ0) is 14.2. The highest BCUT2D eigenvalue weighted by Crippen LogP contribution is 2.26.